The summed E-state index contributed by atoms with van der Waals surface area (Å²) in [4.78, 5) is 3.38. The lowest BCUT2D eigenvalue weighted by Crippen LogP contribution is -2.08. The van der Waals surface area contributed by atoms with E-state index in [4.69, 9.17) is 0 Å². The molecule has 0 aromatic carbocycles. The van der Waals surface area contributed by atoms with Gasteiger partial charge >= 0.3 is 0 Å². The molecular weight excluding hydrogens is 88.1 g/mol. The van der Waals surface area contributed by atoms with Gasteiger partial charge in [-0.25, -0.2) is 0 Å². The third kappa shape index (κ3) is 5.38. The molecule has 7 heavy (non-hydrogen) atoms. The van der Waals surface area contributed by atoms with Gasteiger partial charge in [-0.3, -0.25) is 0 Å². The van der Waals surface area contributed by atoms with E-state index in [2.05, 4.69) is 16.6 Å². The van der Waals surface area contributed by atoms with Gasteiger partial charge in [0.15, 0.2) is 0 Å². The summed E-state index contributed by atoms with van der Waals surface area (Å²) >= 11 is 0. The van der Waals surface area contributed by atoms with E-state index in [1.807, 2.05) is 20.8 Å². The molecule has 0 atom stereocenters. The molecule has 0 aliphatic rings. The van der Waals surface area contributed by atoms with Crippen LogP contribution in [0.5, 0.6) is 0 Å². The van der Waals surface area contributed by atoms with Gasteiger partial charge in [0, 0.05) is 4.79 Å². The minimum absolute atomic E-state index is 0.0538. The Hall–Kier alpha value is -0.620. The van der Waals surface area contributed by atoms with Crippen molar-refractivity contribution in [3.8, 4) is 0 Å². The highest BCUT2D eigenvalue weighted by molar-refractivity contribution is 5.12. The molecule has 0 N–H and O–H groups in total. The van der Waals surface area contributed by atoms with E-state index < -0.39 is 0 Å². The zero-order valence-corrected chi connectivity index (χ0v) is 5.10. The number of hydrogen-bond acceptors (Lipinski definition) is 1. The third-order valence-electron chi connectivity index (χ3n) is 0.371. The van der Waals surface area contributed by atoms with Gasteiger partial charge in [0.1, 0.15) is 5.54 Å². The zero-order valence-electron chi connectivity index (χ0n) is 5.10. The van der Waals surface area contributed by atoms with Crippen molar-refractivity contribution in [2.24, 2.45) is 5.11 Å². The molecule has 0 amide bonds. The van der Waals surface area contributed by atoms with Crippen LogP contribution in [0, 0.1) is 0 Å². The largest absolute Gasteiger partial charge is 0.295 e. The summed E-state index contributed by atoms with van der Waals surface area (Å²) in [5, 5.41) is 3.77. The van der Waals surface area contributed by atoms with Crippen molar-refractivity contribution in [2.45, 2.75) is 26.3 Å². The van der Waals surface area contributed by atoms with Gasteiger partial charge in [-0.2, -0.15) is 0 Å². The van der Waals surface area contributed by atoms with Crippen LogP contribution in [-0.4, -0.2) is 17.0 Å². The first-order valence-electron chi connectivity index (χ1n) is 2.24. The lowest BCUT2D eigenvalue weighted by molar-refractivity contribution is -0.0967. The van der Waals surface area contributed by atoms with Gasteiger partial charge < -0.3 is 0 Å². The van der Waals surface area contributed by atoms with Crippen LogP contribution in [0.25, 0.3) is 0 Å². The Morgan fingerprint density at radius 1 is 1.43 bits per heavy atom. The Morgan fingerprint density at radius 2 is 1.86 bits per heavy atom. The number of hydrogen-bond donors (Lipinski definition) is 0. The van der Waals surface area contributed by atoms with E-state index in [0.29, 0.717) is 0 Å². The van der Waals surface area contributed by atoms with Crippen LogP contribution in [0.4, 0.5) is 0 Å². The summed E-state index contributed by atoms with van der Waals surface area (Å²) in [6.45, 7) is 9.15. The van der Waals surface area contributed by atoms with E-state index in [1.54, 1.807) is 0 Å². The zero-order chi connectivity index (χ0) is 5.91. The standard InChI is InChI=1S/C5H11N2/c1-5(2,3)7-6-4/h4H2,1-3H3/q+1. The molecule has 2 heteroatoms. The quantitative estimate of drug-likeness (QED) is 0.247. The highest BCUT2D eigenvalue weighted by Crippen LogP contribution is 2.02. The van der Waals surface area contributed by atoms with Crippen LogP contribution in [0.2, 0.25) is 0 Å². The SMILES string of the molecule is C=[N+]=NC(C)(C)C. The second-order valence-corrected chi connectivity index (χ2v) is 2.41. The van der Waals surface area contributed by atoms with Crippen molar-refractivity contribution < 1.29 is 4.79 Å². The van der Waals surface area contributed by atoms with Crippen LogP contribution in [0.3, 0.4) is 0 Å². The van der Waals surface area contributed by atoms with Crippen molar-refractivity contribution in [2.75, 3.05) is 0 Å². The molecule has 0 bridgehead atoms. The van der Waals surface area contributed by atoms with Gasteiger partial charge in [-0.15, -0.1) is 0 Å². The Kier molecular flexibility index (Phi) is 1.73. The molecule has 0 rings (SSSR count). The summed E-state index contributed by atoms with van der Waals surface area (Å²) in [6.07, 6.45) is 0. The van der Waals surface area contributed by atoms with E-state index in [0.717, 1.165) is 0 Å². The molecular formula is C5H11N2+. The minimum atomic E-state index is -0.0538. The molecule has 0 unspecified atom stereocenters. The molecule has 0 spiro atoms. The number of rotatable bonds is 0. The molecule has 0 aromatic heterocycles. The second-order valence-electron chi connectivity index (χ2n) is 2.41. The first kappa shape index (κ1) is 6.38. The molecule has 0 aliphatic heterocycles. The van der Waals surface area contributed by atoms with E-state index in [-0.39, 0.29) is 5.54 Å². The maximum Gasteiger partial charge on any atom is 0.295 e. The molecule has 0 saturated carbocycles. The van der Waals surface area contributed by atoms with Crippen LogP contribution in [-0.2, 0) is 0 Å². The van der Waals surface area contributed by atoms with E-state index in [9.17, 15) is 0 Å². The van der Waals surface area contributed by atoms with Crippen molar-refractivity contribution in [1.82, 2.24) is 0 Å². The first-order chi connectivity index (χ1) is 3.06. The highest BCUT2D eigenvalue weighted by atomic mass is 15.1. The molecule has 0 saturated heterocycles. The molecule has 0 heterocycles. The predicted octanol–water partition coefficient (Wildman–Crippen LogP) is 1.15. The number of nitrogens with zero attached hydrogens (tertiary/aromatic N) is 2. The summed E-state index contributed by atoms with van der Waals surface area (Å²) in [5.41, 5.74) is -0.0538. The van der Waals surface area contributed by atoms with Crippen molar-refractivity contribution >= 4 is 6.72 Å². The van der Waals surface area contributed by atoms with Crippen molar-refractivity contribution in [3.05, 3.63) is 0 Å². The predicted molar refractivity (Wildman–Crippen MR) is 29.6 cm³/mol. The van der Waals surface area contributed by atoms with E-state index >= 15 is 0 Å². The Morgan fingerprint density at radius 3 is 1.86 bits per heavy atom. The fourth-order valence-electron chi connectivity index (χ4n) is 0.212. The minimum Gasteiger partial charge on any atom is -0.0332 e. The van der Waals surface area contributed by atoms with Crippen molar-refractivity contribution in [1.29, 1.82) is 0 Å². The fourth-order valence-corrected chi connectivity index (χ4v) is 0.212. The van der Waals surface area contributed by atoms with Gasteiger partial charge in [0.25, 0.3) is 6.72 Å². The summed E-state index contributed by atoms with van der Waals surface area (Å²) in [7, 11) is 0. The normalized spacial score (nSPS) is 10.1. The average Bonchev–Trinajstić information content (AvgIpc) is 1.30. The van der Waals surface area contributed by atoms with Crippen LogP contribution < -0.4 is 0 Å². The van der Waals surface area contributed by atoms with Crippen molar-refractivity contribution in [3.63, 3.8) is 0 Å². The fraction of sp³-hybridized carbons (Fsp3) is 0.800. The molecule has 2 nitrogen and oxygen atoms in total. The molecule has 40 valence electrons. The van der Waals surface area contributed by atoms with Gasteiger partial charge in [0.05, 0.1) is 5.11 Å². The first-order valence-corrected chi connectivity index (χ1v) is 2.24. The summed E-state index contributed by atoms with van der Waals surface area (Å²) in [6, 6.07) is 0. The van der Waals surface area contributed by atoms with Crippen LogP contribution >= 0.6 is 0 Å². The van der Waals surface area contributed by atoms with Gasteiger partial charge in [-0.05, 0) is 20.8 Å². The maximum absolute atomic E-state index is 3.77. The summed E-state index contributed by atoms with van der Waals surface area (Å²) in [5.74, 6) is 0. The molecule has 0 aromatic rings. The van der Waals surface area contributed by atoms with Crippen LogP contribution in [0.15, 0.2) is 5.11 Å². The lowest BCUT2D eigenvalue weighted by Gasteiger charge is -1.97. The van der Waals surface area contributed by atoms with Crippen LogP contribution in [0.1, 0.15) is 20.8 Å². The average molecular weight is 99.2 g/mol. The van der Waals surface area contributed by atoms with Gasteiger partial charge in [0.2, 0.25) is 0 Å². The Balaban J connectivity index is 3.80. The highest BCUT2D eigenvalue weighted by Gasteiger charge is 2.11. The smallest absolute Gasteiger partial charge is 0.0332 e. The monoisotopic (exact) mass is 99.1 g/mol. The molecule has 0 fully saturated rings. The maximum atomic E-state index is 3.77. The Labute approximate surface area is 44.0 Å². The topological polar surface area (TPSA) is 26.5 Å². The third-order valence-corrected chi connectivity index (χ3v) is 0.371. The summed E-state index contributed by atoms with van der Waals surface area (Å²) < 4.78 is 0. The molecule has 0 radical (unpaired) electrons. The van der Waals surface area contributed by atoms with Gasteiger partial charge in [-0.1, -0.05) is 0 Å². The lowest BCUT2D eigenvalue weighted by atomic mass is 10.1. The molecule has 0 aliphatic carbocycles. The Bertz CT molecular complexity index is 93.1. The van der Waals surface area contributed by atoms with E-state index in [1.165, 1.54) is 0 Å². The second kappa shape index (κ2) is 1.90.